The van der Waals surface area contributed by atoms with E-state index in [4.69, 9.17) is 4.74 Å². The zero-order chi connectivity index (χ0) is 15.5. The molecule has 1 nitrogen and oxygen atoms in total. The van der Waals surface area contributed by atoms with Crippen molar-refractivity contribution in [1.29, 1.82) is 0 Å². The molecule has 1 saturated heterocycles. The molecule has 0 aromatic rings. The summed E-state index contributed by atoms with van der Waals surface area (Å²) >= 11 is 0. The summed E-state index contributed by atoms with van der Waals surface area (Å²) in [6, 6.07) is 0. The Hall–Kier alpha value is -0.0400. The third kappa shape index (κ3) is 3.01. The summed E-state index contributed by atoms with van der Waals surface area (Å²) in [5, 5.41) is 0. The van der Waals surface area contributed by atoms with Crippen LogP contribution in [0.15, 0.2) is 0 Å². The van der Waals surface area contributed by atoms with Gasteiger partial charge in [0.15, 0.2) is 0 Å². The van der Waals surface area contributed by atoms with E-state index in [1.165, 1.54) is 19.3 Å². The number of hydrogen-bond donors (Lipinski definition) is 0. The van der Waals surface area contributed by atoms with Crippen LogP contribution in [0.4, 0.5) is 0 Å². The smallest absolute Gasteiger partial charge is 0.0686 e. The summed E-state index contributed by atoms with van der Waals surface area (Å²) in [6.45, 7) is 22.2. The fraction of sp³-hybridized carbons (Fsp3) is 1.00. The fourth-order valence-corrected chi connectivity index (χ4v) is 3.66. The Morgan fingerprint density at radius 1 is 0.789 bits per heavy atom. The van der Waals surface area contributed by atoms with Gasteiger partial charge >= 0.3 is 0 Å². The summed E-state index contributed by atoms with van der Waals surface area (Å²) in [6.07, 6.45) is 4.50. The molecule has 116 valence electrons. The van der Waals surface area contributed by atoms with Gasteiger partial charge in [0, 0.05) is 0 Å². The third-order valence-electron chi connectivity index (χ3n) is 5.94. The lowest BCUT2D eigenvalue weighted by Crippen LogP contribution is -2.61. The van der Waals surface area contributed by atoms with E-state index < -0.39 is 0 Å². The Bertz CT molecular complexity index is 263. The van der Waals surface area contributed by atoms with Crippen molar-refractivity contribution in [2.24, 2.45) is 16.7 Å². The van der Waals surface area contributed by atoms with Crippen molar-refractivity contribution in [2.75, 3.05) is 0 Å². The standard InChI is InChI=1S/C14H26O.2C2H6/c1-12(2)10-8-7-9-11(10)15-14(5,6)13(12,3)4;2*1-2/h10-11H,7-9H2,1-6H3;2*1-2H3. The van der Waals surface area contributed by atoms with E-state index in [-0.39, 0.29) is 11.0 Å². The molecule has 0 aromatic heterocycles. The minimum atomic E-state index is 0.00199. The second-order valence-corrected chi connectivity index (χ2v) is 7.05. The topological polar surface area (TPSA) is 9.23 Å². The third-order valence-corrected chi connectivity index (χ3v) is 5.94. The zero-order valence-corrected chi connectivity index (χ0v) is 15.2. The van der Waals surface area contributed by atoms with E-state index in [1.807, 2.05) is 27.7 Å². The SMILES string of the molecule is CC.CC.CC1(C)OC2CCCC2C(C)(C)C1(C)C. The highest BCUT2D eigenvalue weighted by Gasteiger charge is 2.59. The van der Waals surface area contributed by atoms with Crippen LogP contribution in [0.3, 0.4) is 0 Å². The molecule has 1 aliphatic heterocycles. The predicted molar refractivity (Wildman–Crippen MR) is 86.6 cm³/mol. The Morgan fingerprint density at radius 2 is 1.26 bits per heavy atom. The molecule has 2 fully saturated rings. The number of hydrogen-bond acceptors (Lipinski definition) is 1. The highest BCUT2D eigenvalue weighted by atomic mass is 16.5. The Labute approximate surface area is 122 Å². The van der Waals surface area contributed by atoms with Gasteiger partial charge in [-0.1, -0.05) is 61.8 Å². The summed E-state index contributed by atoms with van der Waals surface area (Å²) in [4.78, 5) is 0. The van der Waals surface area contributed by atoms with Gasteiger partial charge in [0.2, 0.25) is 0 Å². The van der Waals surface area contributed by atoms with Crippen LogP contribution in [0, 0.1) is 16.7 Å². The number of fused-ring (bicyclic) bond motifs is 1. The molecule has 0 amide bonds. The average Bonchev–Trinajstić information content (AvgIpc) is 2.81. The van der Waals surface area contributed by atoms with Gasteiger partial charge in [0.05, 0.1) is 11.7 Å². The van der Waals surface area contributed by atoms with Crippen LogP contribution in [0.5, 0.6) is 0 Å². The van der Waals surface area contributed by atoms with Gasteiger partial charge < -0.3 is 4.74 Å². The molecule has 0 radical (unpaired) electrons. The summed E-state index contributed by atoms with van der Waals surface area (Å²) in [5.74, 6) is 0.764. The molecule has 1 heterocycles. The Kier molecular flexibility index (Phi) is 6.59. The quantitative estimate of drug-likeness (QED) is 0.519. The van der Waals surface area contributed by atoms with Crippen molar-refractivity contribution >= 4 is 0 Å². The van der Waals surface area contributed by atoms with Crippen molar-refractivity contribution in [3.8, 4) is 0 Å². The van der Waals surface area contributed by atoms with E-state index in [0.29, 0.717) is 11.5 Å². The molecular weight excluding hydrogens is 232 g/mol. The van der Waals surface area contributed by atoms with Crippen LogP contribution >= 0.6 is 0 Å². The highest BCUT2D eigenvalue weighted by molar-refractivity contribution is 5.08. The maximum atomic E-state index is 6.35. The first kappa shape index (κ1) is 19.0. The van der Waals surface area contributed by atoms with Gasteiger partial charge in [-0.2, -0.15) is 0 Å². The van der Waals surface area contributed by atoms with Crippen LogP contribution in [-0.2, 0) is 4.74 Å². The summed E-state index contributed by atoms with van der Waals surface area (Å²) < 4.78 is 6.35. The van der Waals surface area contributed by atoms with Gasteiger partial charge in [0.1, 0.15) is 0 Å². The van der Waals surface area contributed by atoms with Gasteiger partial charge in [-0.05, 0) is 43.4 Å². The Morgan fingerprint density at radius 3 is 1.74 bits per heavy atom. The van der Waals surface area contributed by atoms with Crippen molar-refractivity contribution in [3.63, 3.8) is 0 Å². The van der Waals surface area contributed by atoms with Crippen LogP contribution in [0.1, 0.15) is 88.5 Å². The van der Waals surface area contributed by atoms with Crippen molar-refractivity contribution in [3.05, 3.63) is 0 Å². The Balaban J connectivity index is 0.000000741. The molecule has 1 saturated carbocycles. The second-order valence-electron chi connectivity index (χ2n) is 7.05. The average molecular weight is 271 g/mol. The second kappa shape index (κ2) is 6.61. The van der Waals surface area contributed by atoms with Crippen molar-refractivity contribution in [2.45, 2.75) is 100 Å². The first-order valence-electron chi connectivity index (χ1n) is 8.38. The molecule has 0 spiro atoms. The largest absolute Gasteiger partial charge is 0.371 e. The molecule has 2 aliphatic rings. The molecule has 2 unspecified atom stereocenters. The van der Waals surface area contributed by atoms with Crippen LogP contribution < -0.4 is 0 Å². The lowest BCUT2D eigenvalue weighted by atomic mass is 9.52. The monoisotopic (exact) mass is 270 g/mol. The molecule has 2 rings (SSSR count). The van der Waals surface area contributed by atoms with E-state index in [2.05, 4.69) is 41.5 Å². The predicted octanol–water partition coefficient (Wildman–Crippen LogP) is 6.07. The lowest BCUT2D eigenvalue weighted by molar-refractivity contribution is -0.250. The maximum Gasteiger partial charge on any atom is 0.0686 e. The van der Waals surface area contributed by atoms with Crippen molar-refractivity contribution in [1.82, 2.24) is 0 Å². The first-order valence-corrected chi connectivity index (χ1v) is 8.38. The molecule has 2 atom stereocenters. The highest BCUT2D eigenvalue weighted by Crippen LogP contribution is 2.61. The minimum Gasteiger partial charge on any atom is -0.371 e. The van der Waals surface area contributed by atoms with E-state index >= 15 is 0 Å². The summed E-state index contributed by atoms with van der Waals surface area (Å²) in [7, 11) is 0. The molecule has 0 aromatic carbocycles. The van der Waals surface area contributed by atoms with Gasteiger partial charge in [0.25, 0.3) is 0 Å². The first-order chi connectivity index (χ1) is 8.70. The van der Waals surface area contributed by atoms with E-state index in [0.717, 1.165) is 5.92 Å². The fourth-order valence-electron chi connectivity index (χ4n) is 3.66. The lowest BCUT2D eigenvalue weighted by Gasteiger charge is -2.60. The van der Waals surface area contributed by atoms with Crippen molar-refractivity contribution < 1.29 is 4.74 Å². The summed E-state index contributed by atoms with van der Waals surface area (Å²) in [5.41, 5.74) is 0.628. The zero-order valence-electron chi connectivity index (χ0n) is 15.2. The normalized spacial score (nSPS) is 33.2. The molecule has 1 aliphatic carbocycles. The molecule has 0 N–H and O–H groups in total. The van der Waals surface area contributed by atoms with Crippen LogP contribution in [0.2, 0.25) is 0 Å². The van der Waals surface area contributed by atoms with E-state index in [1.54, 1.807) is 0 Å². The molecule has 0 bridgehead atoms. The van der Waals surface area contributed by atoms with Crippen LogP contribution in [0.25, 0.3) is 0 Å². The van der Waals surface area contributed by atoms with Gasteiger partial charge in [-0.25, -0.2) is 0 Å². The van der Waals surface area contributed by atoms with Crippen LogP contribution in [-0.4, -0.2) is 11.7 Å². The number of ether oxygens (including phenoxy) is 1. The molecule has 19 heavy (non-hydrogen) atoms. The molecule has 1 heteroatoms. The maximum absolute atomic E-state index is 6.35. The molecular formula is C18H38O. The van der Waals surface area contributed by atoms with E-state index in [9.17, 15) is 0 Å². The van der Waals surface area contributed by atoms with Gasteiger partial charge in [-0.15, -0.1) is 0 Å². The minimum absolute atomic E-state index is 0.00199. The van der Waals surface area contributed by atoms with Gasteiger partial charge in [-0.3, -0.25) is 0 Å². The number of rotatable bonds is 0.